The van der Waals surface area contributed by atoms with Crippen LogP contribution < -0.4 is 10.6 Å². The fraction of sp³-hybridized carbons (Fsp3) is 0.143. The number of carbonyl (C=O) groups is 2. The van der Waals surface area contributed by atoms with Crippen LogP contribution in [0.25, 0.3) is 11.4 Å². The summed E-state index contributed by atoms with van der Waals surface area (Å²) in [6, 6.07) is 16.5. The van der Waals surface area contributed by atoms with Crippen molar-refractivity contribution in [2.75, 3.05) is 18.1 Å². The van der Waals surface area contributed by atoms with Crippen LogP contribution in [-0.4, -0.2) is 39.4 Å². The quantitative estimate of drug-likeness (QED) is 0.442. The first kappa shape index (κ1) is 20.3. The molecule has 3 rings (SSSR count). The van der Waals surface area contributed by atoms with E-state index in [-0.39, 0.29) is 17.6 Å². The topological polar surface area (TPSA) is 88.9 Å². The lowest BCUT2D eigenvalue weighted by molar-refractivity contribution is -0.113. The summed E-state index contributed by atoms with van der Waals surface area (Å²) in [6.07, 6.45) is 1.77. The number of anilines is 1. The number of allylic oxidation sites excluding steroid dienone is 1. The highest BCUT2D eigenvalue weighted by Gasteiger charge is 2.15. The van der Waals surface area contributed by atoms with Crippen molar-refractivity contribution in [2.24, 2.45) is 0 Å². The second-order valence-electron chi connectivity index (χ2n) is 6.07. The Morgan fingerprint density at radius 1 is 1.14 bits per heavy atom. The molecule has 0 atom stereocenters. The number of nitrogens with one attached hydrogen (secondary N) is 2. The van der Waals surface area contributed by atoms with E-state index in [4.69, 9.17) is 0 Å². The van der Waals surface area contributed by atoms with Crippen molar-refractivity contribution in [2.45, 2.75) is 11.7 Å². The number of thioether (sulfide) groups is 1. The van der Waals surface area contributed by atoms with Gasteiger partial charge < -0.3 is 10.6 Å². The largest absolute Gasteiger partial charge is 0.355 e. The number of rotatable bonds is 8. The molecular formula is C21H21N5O2S. The summed E-state index contributed by atoms with van der Waals surface area (Å²) >= 11 is 1.30. The molecular weight excluding hydrogens is 386 g/mol. The van der Waals surface area contributed by atoms with Crippen molar-refractivity contribution in [3.05, 3.63) is 72.8 Å². The van der Waals surface area contributed by atoms with Crippen molar-refractivity contribution in [1.82, 2.24) is 20.1 Å². The van der Waals surface area contributed by atoms with Crippen LogP contribution in [0.4, 0.5) is 5.69 Å². The molecule has 0 radical (unpaired) electrons. The third-order valence-corrected chi connectivity index (χ3v) is 5.00. The predicted molar refractivity (Wildman–Crippen MR) is 115 cm³/mol. The summed E-state index contributed by atoms with van der Waals surface area (Å²) in [6.45, 7) is 4.33. The summed E-state index contributed by atoms with van der Waals surface area (Å²) in [5.74, 6) is 0.487. The third kappa shape index (κ3) is 5.11. The van der Waals surface area contributed by atoms with E-state index in [9.17, 15) is 9.59 Å². The Balaban J connectivity index is 1.68. The lowest BCUT2D eigenvalue weighted by Gasteiger charge is -2.09. The van der Waals surface area contributed by atoms with Gasteiger partial charge in [-0.3, -0.25) is 14.2 Å². The van der Waals surface area contributed by atoms with Crippen LogP contribution in [-0.2, 0) is 11.3 Å². The van der Waals surface area contributed by atoms with Crippen molar-refractivity contribution >= 4 is 29.3 Å². The maximum atomic E-state index is 12.4. The van der Waals surface area contributed by atoms with Crippen molar-refractivity contribution < 1.29 is 9.59 Å². The number of hydrogen-bond donors (Lipinski definition) is 2. The average molecular weight is 407 g/mol. The molecule has 0 fully saturated rings. The van der Waals surface area contributed by atoms with Gasteiger partial charge in [0.25, 0.3) is 5.91 Å². The number of aromatic nitrogens is 3. The van der Waals surface area contributed by atoms with Gasteiger partial charge in [-0.2, -0.15) is 0 Å². The van der Waals surface area contributed by atoms with Crippen molar-refractivity contribution in [3.63, 3.8) is 0 Å². The molecule has 29 heavy (non-hydrogen) atoms. The first-order valence-corrected chi connectivity index (χ1v) is 9.95. The minimum atomic E-state index is -0.207. The molecule has 2 N–H and O–H groups in total. The minimum absolute atomic E-state index is 0.161. The average Bonchev–Trinajstić information content (AvgIpc) is 3.15. The fourth-order valence-electron chi connectivity index (χ4n) is 2.70. The van der Waals surface area contributed by atoms with Gasteiger partial charge in [-0.15, -0.1) is 16.8 Å². The predicted octanol–water partition coefficient (Wildman–Crippen LogP) is 3.22. The van der Waals surface area contributed by atoms with Gasteiger partial charge in [-0.25, -0.2) is 0 Å². The Morgan fingerprint density at radius 2 is 1.93 bits per heavy atom. The van der Waals surface area contributed by atoms with Gasteiger partial charge in [0.05, 0.1) is 5.75 Å². The van der Waals surface area contributed by atoms with Crippen LogP contribution in [0.5, 0.6) is 0 Å². The Hall–Kier alpha value is -3.39. The first-order chi connectivity index (χ1) is 14.1. The van der Waals surface area contributed by atoms with E-state index >= 15 is 0 Å². The molecule has 0 aliphatic rings. The summed E-state index contributed by atoms with van der Waals surface area (Å²) in [7, 11) is 1.56. The lowest BCUT2D eigenvalue weighted by atomic mass is 10.2. The maximum absolute atomic E-state index is 12.4. The maximum Gasteiger partial charge on any atom is 0.251 e. The van der Waals surface area contributed by atoms with E-state index in [1.54, 1.807) is 37.4 Å². The molecule has 8 heteroatoms. The minimum Gasteiger partial charge on any atom is -0.355 e. The van der Waals surface area contributed by atoms with Crippen LogP contribution in [0.15, 0.2) is 72.4 Å². The van der Waals surface area contributed by atoms with E-state index in [1.165, 1.54) is 11.8 Å². The van der Waals surface area contributed by atoms with E-state index < -0.39 is 0 Å². The summed E-state index contributed by atoms with van der Waals surface area (Å²) in [4.78, 5) is 24.1. The third-order valence-electron chi connectivity index (χ3n) is 4.03. The molecule has 1 aromatic heterocycles. The molecule has 0 aliphatic heterocycles. The Bertz CT molecular complexity index is 1020. The Kier molecular flexibility index (Phi) is 6.80. The van der Waals surface area contributed by atoms with E-state index in [0.29, 0.717) is 23.0 Å². The molecule has 148 valence electrons. The van der Waals surface area contributed by atoms with Crippen LogP contribution >= 0.6 is 11.8 Å². The number of hydrogen-bond acceptors (Lipinski definition) is 5. The fourth-order valence-corrected chi connectivity index (χ4v) is 3.45. The van der Waals surface area contributed by atoms with Gasteiger partial charge in [0, 0.05) is 30.4 Å². The zero-order valence-electron chi connectivity index (χ0n) is 16.0. The lowest BCUT2D eigenvalue weighted by Crippen LogP contribution is -2.19. The summed E-state index contributed by atoms with van der Waals surface area (Å²) in [5, 5.41) is 14.5. The first-order valence-electron chi connectivity index (χ1n) is 8.96. The molecule has 3 aromatic rings. The number of nitrogens with zero attached hydrogens (tertiary/aromatic N) is 3. The number of benzene rings is 2. The Morgan fingerprint density at radius 3 is 2.66 bits per heavy atom. The van der Waals surface area contributed by atoms with Crippen molar-refractivity contribution in [3.8, 4) is 11.4 Å². The molecule has 7 nitrogen and oxygen atoms in total. The molecule has 2 amide bonds. The zero-order valence-corrected chi connectivity index (χ0v) is 16.8. The van der Waals surface area contributed by atoms with Gasteiger partial charge >= 0.3 is 0 Å². The van der Waals surface area contributed by atoms with Crippen molar-refractivity contribution in [1.29, 1.82) is 0 Å². The molecule has 2 aromatic carbocycles. The van der Waals surface area contributed by atoms with E-state index in [1.807, 2.05) is 34.9 Å². The zero-order chi connectivity index (χ0) is 20.6. The normalized spacial score (nSPS) is 10.4. The van der Waals surface area contributed by atoms with Gasteiger partial charge in [-0.05, 0) is 18.2 Å². The molecule has 0 aliphatic carbocycles. The molecule has 1 heterocycles. The highest BCUT2D eigenvalue weighted by molar-refractivity contribution is 7.99. The molecule has 0 spiro atoms. The molecule has 0 bridgehead atoms. The second-order valence-corrected chi connectivity index (χ2v) is 7.01. The van der Waals surface area contributed by atoms with Crippen LogP contribution in [0.1, 0.15) is 10.4 Å². The van der Waals surface area contributed by atoms with E-state index in [2.05, 4.69) is 27.4 Å². The van der Waals surface area contributed by atoms with Gasteiger partial charge in [0.2, 0.25) is 5.91 Å². The van der Waals surface area contributed by atoms with E-state index in [0.717, 1.165) is 11.4 Å². The van der Waals surface area contributed by atoms with Gasteiger partial charge in [-0.1, -0.05) is 54.2 Å². The SMILES string of the molecule is C=CCn1c(SCC(=O)Nc2cccc(C(=O)NC)c2)nnc1-c1ccccc1. The summed E-state index contributed by atoms with van der Waals surface area (Å²) < 4.78 is 1.92. The molecule has 0 unspecified atom stereocenters. The smallest absolute Gasteiger partial charge is 0.251 e. The Labute approximate surface area is 173 Å². The van der Waals surface area contributed by atoms with Gasteiger partial charge in [0.15, 0.2) is 11.0 Å². The van der Waals surface area contributed by atoms with Gasteiger partial charge in [0.1, 0.15) is 0 Å². The highest BCUT2D eigenvalue weighted by atomic mass is 32.2. The summed E-state index contributed by atoms with van der Waals surface area (Å²) in [5.41, 5.74) is 1.99. The van der Waals surface area contributed by atoms with Crippen LogP contribution in [0.2, 0.25) is 0 Å². The van der Waals surface area contributed by atoms with Crippen LogP contribution in [0.3, 0.4) is 0 Å². The highest BCUT2D eigenvalue weighted by Crippen LogP contribution is 2.24. The second kappa shape index (κ2) is 9.70. The van der Waals surface area contributed by atoms with Crippen LogP contribution in [0, 0.1) is 0 Å². The standard InChI is InChI=1S/C21H21N5O2S/c1-3-12-26-19(15-8-5-4-6-9-15)24-25-21(26)29-14-18(27)23-17-11-7-10-16(13-17)20(28)22-2/h3-11,13H,1,12,14H2,2H3,(H,22,28)(H,23,27). The number of amides is 2. The molecule has 0 saturated heterocycles. The molecule has 0 saturated carbocycles. The number of carbonyl (C=O) groups excluding carboxylic acids is 2. The monoisotopic (exact) mass is 407 g/mol.